The highest BCUT2D eigenvalue weighted by Crippen LogP contribution is 2.40. The fourth-order valence-corrected chi connectivity index (χ4v) is 4.67. The summed E-state index contributed by atoms with van der Waals surface area (Å²) in [5.41, 5.74) is 5.17. The highest BCUT2D eigenvalue weighted by atomic mass is 32.1. The van der Waals surface area contributed by atoms with Crippen molar-refractivity contribution in [2.45, 2.75) is 26.2 Å². The first kappa shape index (κ1) is 16.6. The Balaban J connectivity index is 1.83. The molecule has 3 nitrogen and oxygen atoms in total. The number of fused-ring (bicyclic) bond motifs is 1. The quantitative estimate of drug-likeness (QED) is 0.727. The third-order valence-corrected chi connectivity index (χ3v) is 5.94. The van der Waals surface area contributed by atoms with Gasteiger partial charge in [-0.1, -0.05) is 51.1 Å². The number of nitrogens with one attached hydrogen (secondary N) is 1. The molecule has 0 spiro atoms. The molecule has 0 atom stereocenters. The molecule has 4 rings (SSSR count). The van der Waals surface area contributed by atoms with Crippen molar-refractivity contribution in [3.05, 3.63) is 48.0 Å². The number of rotatable bonds is 2. The number of benzene rings is 2. The van der Waals surface area contributed by atoms with Crippen LogP contribution in [0.5, 0.6) is 0 Å². The molecule has 0 radical (unpaired) electrons. The number of anilines is 1. The van der Waals surface area contributed by atoms with Gasteiger partial charge in [0.25, 0.3) is 0 Å². The molecular formula is C21H25N3S. The molecule has 0 unspecified atom stereocenters. The zero-order chi connectivity index (χ0) is 17.4. The molecule has 1 fully saturated rings. The van der Waals surface area contributed by atoms with E-state index in [2.05, 4.69) is 73.5 Å². The molecule has 2 aromatic carbocycles. The second-order valence-electron chi connectivity index (χ2n) is 7.68. The first-order valence-corrected chi connectivity index (χ1v) is 9.81. The molecule has 1 N–H and O–H groups in total. The average molecular weight is 352 g/mol. The van der Waals surface area contributed by atoms with Gasteiger partial charge < -0.3 is 10.2 Å². The van der Waals surface area contributed by atoms with E-state index < -0.39 is 0 Å². The summed E-state index contributed by atoms with van der Waals surface area (Å²) in [5, 5.41) is 4.56. The van der Waals surface area contributed by atoms with E-state index in [4.69, 9.17) is 4.98 Å². The molecule has 0 bridgehead atoms. The maximum absolute atomic E-state index is 4.99. The van der Waals surface area contributed by atoms with Crippen molar-refractivity contribution < 1.29 is 0 Å². The number of hydrogen-bond acceptors (Lipinski definition) is 4. The van der Waals surface area contributed by atoms with E-state index in [-0.39, 0.29) is 5.41 Å². The maximum Gasteiger partial charge on any atom is 0.124 e. The molecule has 4 heteroatoms. The third kappa shape index (κ3) is 3.16. The molecule has 2 heterocycles. The van der Waals surface area contributed by atoms with Crippen molar-refractivity contribution in [1.29, 1.82) is 0 Å². The van der Waals surface area contributed by atoms with Crippen LogP contribution in [0.25, 0.3) is 20.8 Å². The molecule has 25 heavy (non-hydrogen) atoms. The summed E-state index contributed by atoms with van der Waals surface area (Å²) < 4.78 is 1.31. The van der Waals surface area contributed by atoms with E-state index in [1.54, 1.807) is 0 Å². The van der Waals surface area contributed by atoms with Gasteiger partial charge >= 0.3 is 0 Å². The number of piperazine rings is 1. The lowest BCUT2D eigenvalue weighted by Crippen LogP contribution is -2.43. The summed E-state index contributed by atoms with van der Waals surface area (Å²) in [6, 6.07) is 15.2. The van der Waals surface area contributed by atoms with Crippen LogP contribution in [-0.2, 0) is 5.41 Å². The molecule has 1 aliphatic rings. The third-order valence-electron chi connectivity index (χ3n) is 4.82. The van der Waals surface area contributed by atoms with Crippen molar-refractivity contribution >= 4 is 27.2 Å². The Morgan fingerprint density at radius 2 is 1.76 bits per heavy atom. The van der Waals surface area contributed by atoms with Crippen LogP contribution in [0.15, 0.2) is 42.5 Å². The Kier molecular flexibility index (Phi) is 4.26. The Hall–Kier alpha value is -1.91. The Morgan fingerprint density at radius 3 is 2.52 bits per heavy atom. The molecule has 1 aromatic heterocycles. The largest absolute Gasteiger partial charge is 0.368 e. The minimum absolute atomic E-state index is 0.107. The smallest absolute Gasteiger partial charge is 0.124 e. The maximum atomic E-state index is 4.99. The van der Waals surface area contributed by atoms with Crippen LogP contribution in [0.3, 0.4) is 0 Å². The van der Waals surface area contributed by atoms with Gasteiger partial charge in [-0.05, 0) is 23.1 Å². The van der Waals surface area contributed by atoms with Crippen LogP contribution in [0, 0.1) is 0 Å². The van der Waals surface area contributed by atoms with Gasteiger partial charge in [0.05, 0.1) is 15.9 Å². The number of hydrogen-bond donors (Lipinski definition) is 1. The van der Waals surface area contributed by atoms with Crippen LogP contribution < -0.4 is 10.2 Å². The second kappa shape index (κ2) is 6.43. The van der Waals surface area contributed by atoms with Crippen molar-refractivity contribution in [2.75, 3.05) is 31.1 Å². The Morgan fingerprint density at radius 1 is 1.00 bits per heavy atom. The minimum atomic E-state index is 0.107. The predicted octanol–water partition coefficient (Wildman–Crippen LogP) is 4.67. The van der Waals surface area contributed by atoms with Crippen LogP contribution in [0.2, 0.25) is 0 Å². The monoisotopic (exact) mass is 351 g/mol. The lowest BCUT2D eigenvalue weighted by Gasteiger charge is -2.29. The van der Waals surface area contributed by atoms with Crippen molar-refractivity contribution in [2.24, 2.45) is 0 Å². The second-order valence-corrected chi connectivity index (χ2v) is 8.68. The highest BCUT2D eigenvalue weighted by molar-refractivity contribution is 7.22. The van der Waals surface area contributed by atoms with Gasteiger partial charge in [-0.25, -0.2) is 4.98 Å². The van der Waals surface area contributed by atoms with Gasteiger partial charge in [-0.2, -0.15) is 0 Å². The number of thiazole rings is 1. The molecule has 0 amide bonds. The van der Waals surface area contributed by atoms with Crippen LogP contribution >= 0.6 is 11.3 Å². The van der Waals surface area contributed by atoms with Crippen molar-refractivity contribution in [1.82, 2.24) is 10.3 Å². The molecular weight excluding hydrogens is 326 g/mol. The number of nitrogens with zero attached hydrogens (tertiary/aromatic N) is 2. The van der Waals surface area contributed by atoms with Crippen LogP contribution in [0.1, 0.15) is 26.3 Å². The molecule has 1 aliphatic heterocycles. The lowest BCUT2D eigenvalue weighted by molar-refractivity contribution is 0.590. The van der Waals surface area contributed by atoms with E-state index in [9.17, 15) is 0 Å². The fourth-order valence-electron chi connectivity index (χ4n) is 3.53. The van der Waals surface area contributed by atoms with Gasteiger partial charge in [-0.15, -0.1) is 11.3 Å². The molecule has 3 aromatic rings. The molecule has 0 saturated carbocycles. The zero-order valence-corrected chi connectivity index (χ0v) is 16.0. The van der Waals surface area contributed by atoms with Gasteiger partial charge in [-0.3, -0.25) is 0 Å². The van der Waals surface area contributed by atoms with Gasteiger partial charge in [0.2, 0.25) is 0 Å². The molecule has 0 aliphatic carbocycles. The Bertz CT molecular complexity index is 886. The normalized spacial score (nSPS) is 15.7. The summed E-state index contributed by atoms with van der Waals surface area (Å²) in [6.45, 7) is 11.0. The predicted molar refractivity (Wildman–Crippen MR) is 109 cm³/mol. The first-order chi connectivity index (χ1) is 12.0. The van der Waals surface area contributed by atoms with E-state index >= 15 is 0 Å². The van der Waals surface area contributed by atoms with Crippen LogP contribution in [-0.4, -0.2) is 31.2 Å². The van der Waals surface area contributed by atoms with E-state index in [0.717, 1.165) is 36.7 Å². The minimum Gasteiger partial charge on any atom is -0.368 e. The summed E-state index contributed by atoms with van der Waals surface area (Å²) in [6.07, 6.45) is 0. The summed E-state index contributed by atoms with van der Waals surface area (Å²) in [4.78, 5) is 7.47. The fraction of sp³-hybridized carbons (Fsp3) is 0.381. The van der Waals surface area contributed by atoms with Crippen molar-refractivity contribution in [3.63, 3.8) is 0 Å². The van der Waals surface area contributed by atoms with E-state index in [0.29, 0.717) is 0 Å². The van der Waals surface area contributed by atoms with Crippen LogP contribution in [0.4, 0.5) is 5.69 Å². The summed E-state index contributed by atoms with van der Waals surface area (Å²) in [7, 11) is 0. The average Bonchev–Trinajstić information content (AvgIpc) is 3.06. The van der Waals surface area contributed by atoms with E-state index in [1.807, 2.05) is 11.3 Å². The van der Waals surface area contributed by atoms with Gasteiger partial charge in [0.15, 0.2) is 0 Å². The summed E-state index contributed by atoms with van der Waals surface area (Å²) in [5.74, 6) is 0. The SMILES string of the molecule is CC(C)(C)c1ccccc1-c1nc2cccc(N3CCNCC3)c2s1. The zero-order valence-electron chi connectivity index (χ0n) is 15.2. The van der Waals surface area contributed by atoms with Gasteiger partial charge in [0, 0.05) is 31.7 Å². The van der Waals surface area contributed by atoms with Gasteiger partial charge in [0.1, 0.15) is 5.01 Å². The first-order valence-electron chi connectivity index (χ1n) is 8.99. The molecule has 130 valence electrons. The Labute approximate surface area is 153 Å². The van der Waals surface area contributed by atoms with Crippen molar-refractivity contribution in [3.8, 4) is 10.6 Å². The molecule has 1 saturated heterocycles. The summed E-state index contributed by atoms with van der Waals surface area (Å²) >= 11 is 1.83. The number of aromatic nitrogens is 1. The van der Waals surface area contributed by atoms with E-state index in [1.165, 1.54) is 21.5 Å². The highest BCUT2D eigenvalue weighted by Gasteiger charge is 2.21. The standard InChI is InChI=1S/C21H25N3S/c1-21(2,3)16-8-5-4-7-15(16)20-23-17-9-6-10-18(19(17)25-20)24-13-11-22-12-14-24/h4-10,22H,11-14H2,1-3H3. The lowest BCUT2D eigenvalue weighted by atomic mass is 9.84. The topological polar surface area (TPSA) is 28.2 Å².